The van der Waals surface area contributed by atoms with Crippen molar-refractivity contribution in [1.82, 2.24) is 10.2 Å². The zero-order valence-electron chi connectivity index (χ0n) is 12.4. The van der Waals surface area contributed by atoms with Crippen LogP contribution >= 0.6 is 0 Å². The van der Waals surface area contributed by atoms with Gasteiger partial charge in [-0.15, -0.1) is 0 Å². The van der Waals surface area contributed by atoms with Gasteiger partial charge in [-0.3, -0.25) is 0 Å². The lowest BCUT2D eigenvalue weighted by Crippen LogP contribution is -2.41. The van der Waals surface area contributed by atoms with Gasteiger partial charge < -0.3 is 25.4 Å². The van der Waals surface area contributed by atoms with Crippen LogP contribution in [0.2, 0.25) is 0 Å². The first-order valence-electron chi connectivity index (χ1n) is 6.53. The van der Waals surface area contributed by atoms with Gasteiger partial charge in [-0.05, 0) is 45.3 Å². The maximum atomic E-state index is 11.8. The Hall–Kier alpha value is -2.28. The number of hydrogen-bond donors (Lipinski definition) is 3. The van der Waals surface area contributed by atoms with Crippen molar-refractivity contribution in [3.8, 4) is 5.75 Å². The summed E-state index contributed by atoms with van der Waals surface area (Å²) in [4.78, 5) is 24.1. The zero-order valence-corrected chi connectivity index (χ0v) is 12.4. The highest BCUT2D eigenvalue weighted by Crippen LogP contribution is 2.15. The van der Waals surface area contributed by atoms with Gasteiger partial charge in [0.05, 0.1) is 0 Å². The number of carboxylic acid groups (broad SMARTS) is 1. The highest BCUT2D eigenvalue weighted by molar-refractivity contribution is 5.89. The van der Waals surface area contributed by atoms with E-state index in [1.54, 1.807) is 24.3 Å². The van der Waals surface area contributed by atoms with Crippen molar-refractivity contribution in [3.63, 3.8) is 0 Å². The van der Waals surface area contributed by atoms with E-state index >= 15 is 0 Å². The summed E-state index contributed by atoms with van der Waals surface area (Å²) in [5, 5.41) is 14.0. The first-order valence-corrected chi connectivity index (χ1v) is 6.53. The molecule has 1 aromatic carbocycles. The molecule has 0 heterocycles. The van der Waals surface area contributed by atoms with Crippen LogP contribution in [0.4, 0.5) is 10.5 Å². The summed E-state index contributed by atoms with van der Waals surface area (Å²) < 4.78 is 5.00. The fourth-order valence-electron chi connectivity index (χ4n) is 1.76. The molecule has 116 valence electrons. The highest BCUT2D eigenvalue weighted by atomic mass is 16.5. The summed E-state index contributed by atoms with van der Waals surface area (Å²) in [6.07, 6.45) is 0. The minimum absolute atomic E-state index is 0.0261. The molecule has 1 aromatic rings. The molecule has 7 nitrogen and oxygen atoms in total. The first kappa shape index (κ1) is 16.8. The maximum absolute atomic E-state index is 11.8. The molecule has 7 heteroatoms. The van der Waals surface area contributed by atoms with Gasteiger partial charge in [-0.2, -0.15) is 0 Å². The third-order valence-corrected chi connectivity index (χ3v) is 2.49. The Morgan fingerprint density at radius 3 is 2.43 bits per heavy atom. The molecule has 21 heavy (non-hydrogen) atoms. The van der Waals surface area contributed by atoms with Gasteiger partial charge in [-0.1, -0.05) is 0 Å². The van der Waals surface area contributed by atoms with E-state index in [0.29, 0.717) is 11.4 Å². The number of amides is 2. The van der Waals surface area contributed by atoms with Crippen molar-refractivity contribution >= 4 is 17.7 Å². The Morgan fingerprint density at radius 2 is 1.90 bits per heavy atom. The molecule has 2 amide bonds. The first-order chi connectivity index (χ1) is 9.86. The standard InChI is InChI=1S/C14H21N3O4/c1-10(8-17(2)3)15-14(20)16-11-4-6-12(7-5-11)21-9-13(18)19/h4-7,10H,8-9H2,1-3H3,(H,18,19)(H2,15,16,20). The molecule has 3 N–H and O–H groups in total. The third kappa shape index (κ3) is 7.17. The summed E-state index contributed by atoms with van der Waals surface area (Å²) in [5.74, 6) is -0.601. The summed E-state index contributed by atoms with van der Waals surface area (Å²) in [7, 11) is 3.87. The fraction of sp³-hybridized carbons (Fsp3) is 0.429. The van der Waals surface area contributed by atoms with Crippen LogP contribution in [0.3, 0.4) is 0 Å². The van der Waals surface area contributed by atoms with Crippen molar-refractivity contribution in [1.29, 1.82) is 0 Å². The fourth-order valence-corrected chi connectivity index (χ4v) is 1.76. The summed E-state index contributed by atoms with van der Waals surface area (Å²) >= 11 is 0. The van der Waals surface area contributed by atoms with Crippen LogP contribution < -0.4 is 15.4 Å². The summed E-state index contributed by atoms with van der Waals surface area (Å²) in [6, 6.07) is 6.23. The van der Waals surface area contributed by atoms with Crippen LogP contribution in [0.5, 0.6) is 5.75 Å². The molecule has 0 aliphatic rings. The second-order valence-corrected chi connectivity index (χ2v) is 4.97. The predicted octanol–water partition coefficient (Wildman–Crippen LogP) is 1.22. The number of carbonyl (C=O) groups is 2. The molecule has 0 bridgehead atoms. The number of benzene rings is 1. The molecule has 0 saturated heterocycles. The van der Waals surface area contributed by atoms with E-state index in [4.69, 9.17) is 9.84 Å². The average Bonchev–Trinajstić information content (AvgIpc) is 2.36. The average molecular weight is 295 g/mol. The number of carboxylic acids is 1. The smallest absolute Gasteiger partial charge is 0.341 e. The molecule has 0 aliphatic heterocycles. The minimum Gasteiger partial charge on any atom is -0.482 e. The predicted molar refractivity (Wildman–Crippen MR) is 79.7 cm³/mol. The van der Waals surface area contributed by atoms with E-state index in [1.807, 2.05) is 25.9 Å². The van der Waals surface area contributed by atoms with Gasteiger partial charge in [0.15, 0.2) is 6.61 Å². The van der Waals surface area contributed by atoms with Crippen molar-refractivity contribution in [3.05, 3.63) is 24.3 Å². The zero-order chi connectivity index (χ0) is 15.8. The molecule has 0 spiro atoms. The van der Waals surface area contributed by atoms with E-state index in [-0.39, 0.29) is 12.1 Å². The molecule has 1 atom stereocenters. The lowest BCUT2D eigenvalue weighted by molar-refractivity contribution is -0.139. The number of likely N-dealkylation sites (N-methyl/N-ethyl adjacent to an activating group) is 1. The number of rotatable bonds is 7. The molecule has 0 saturated carbocycles. The van der Waals surface area contributed by atoms with Crippen LogP contribution in [0, 0.1) is 0 Å². The Morgan fingerprint density at radius 1 is 1.29 bits per heavy atom. The number of urea groups is 1. The van der Waals surface area contributed by atoms with Crippen LogP contribution in [0.15, 0.2) is 24.3 Å². The van der Waals surface area contributed by atoms with Gasteiger partial charge in [0, 0.05) is 18.3 Å². The lowest BCUT2D eigenvalue weighted by atomic mass is 10.3. The molecule has 1 rings (SSSR count). The van der Waals surface area contributed by atoms with Crippen LogP contribution in [-0.2, 0) is 4.79 Å². The molecular weight excluding hydrogens is 274 g/mol. The number of nitrogens with zero attached hydrogens (tertiary/aromatic N) is 1. The van der Waals surface area contributed by atoms with Gasteiger partial charge >= 0.3 is 12.0 Å². The Bertz CT molecular complexity index is 474. The van der Waals surface area contributed by atoms with E-state index in [9.17, 15) is 9.59 Å². The minimum atomic E-state index is -1.04. The second kappa shape index (κ2) is 8.11. The quantitative estimate of drug-likeness (QED) is 0.703. The molecule has 0 aromatic heterocycles. The maximum Gasteiger partial charge on any atom is 0.341 e. The molecule has 1 unspecified atom stereocenters. The normalized spacial score (nSPS) is 11.8. The third-order valence-electron chi connectivity index (χ3n) is 2.49. The van der Waals surface area contributed by atoms with E-state index in [2.05, 4.69) is 10.6 Å². The number of nitrogens with one attached hydrogen (secondary N) is 2. The van der Waals surface area contributed by atoms with Crippen molar-refractivity contribution in [2.24, 2.45) is 0 Å². The topological polar surface area (TPSA) is 90.9 Å². The van der Waals surface area contributed by atoms with Crippen molar-refractivity contribution in [2.45, 2.75) is 13.0 Å². The largest absolute Gasteiger partial charge is 0.482 e. The van der Waals surface area contributed by atoms with Gasteiger partial charge in [0.25, 0.3) is 0 Å². The highest BCUT2D eigenvalue weighted by Gasteiger charge is 2.08. The number of anilines is 1. The number of hydrogen-bond acceptors (Lipinski definition) is 4. The van der Waals surface area contributed by atoms with E-state index in [0.717, 1.165) is 6.54 Å². The molecular formula is C14H21N3O4. The number of aliphatic carboxylic acids is 1. The van der Waals surface area contributed by atoms with E-state index in [1.165, 1.54) is 0 Å². The lowest BCUT2D eigenvalue weighted by Gasteiger charge is -2.18. The Labute approximate surface area is 123 Å². The van der Waals surface area contributed by atoms with Gasteiger partial charge in [0.1, 0.15) is 5.75 Å². The molecule has 0 fully saturated rings. The van der Waals surface area contributed by atoms with Crippen molar-refractivity contribution in [2.75, 3.05) is 32.6 Å². The number of ether oxygens (including phenoxy) is 1. The van der Waals surface area contributed by atoms with Crippen LogP contribution in [0.1, 0.15) is 6.92 Å². The number of carbonyl (C=O) groups excluding carboxylic acids is 1. The van der Waals surface area contributed by atoms with Crippen molar-refractivity contribution < 1.29 is 19.4 Å². The summed E-state index contributed by atoms with van der Waals surface area (Å²) in [6.45, 7) is 2.27. The van der Waals surface area contributed by atoms with E-state index < -0.39 is 12.6 Å². The monoisotopic (exact) mass is 295 g/mol. The Balaban J connectivity index is 2.44. The van der Waals surface area contributed by atoms with Crippen LogP contribution in [-0.4, -0.2) is 55.3 Å². The van der Waals surface area contributed by atoms with Gasteiger partial charge in [0.2, 0.25) is 0 Å². The van der Waals surface area contributed by atoms with Crippen LogP contribution in [0.25, 0.3) is 0 Å². The SMILES string of the molecule is CC(CN(C)C)NC(=O)Nc1ccc(OCC(=O)O)cc1. The summed E-state index contributed by atoms with van der Waals surface area (Å²) in [5.41, 5.74) is 0.604. The molecule has 0 radical (unpaired) electrons. The van der Waals surface area contributed by atoms with Gasteiger partial charge in [-0.25, -0.2) is 9.59 Å². The second-order valence-electron chi connectivity index (χ2n) is 4.97. The molecule has 0 aliphatic carbocycles. The Kier molecular flexibility index (Phi) is 6.48.